The van der Waals surface area contributed by atoms with Crippen molar-refractivity contribution in [1.82, 2.24) is 4.72 Å². The van der Waals surface area contributed by atoms with Gasteiger partial charge in [-0.3, -0.25) is 0 Å². The van der Waals surface area contributed by atoms with E-state index in [1.807, 2.05) is 0 Å². The maximum Gasteiger partial charge on any atom is 0.416 e. The molecule has 0 bridgehead atoms. The predicted octanol–water partition coefficient (Wildman–Crippen LogP) is 2.42. The monoisotopic (exact) mass is 324 g/mol. The third kappa shape index (κ3) is 4.42. The summed E-state index contributed by atoms with van der Waals surface area (Å²) in [7, 11) is -4.01. The molecule has 1 unspecified atom stereocenters. The van der Waals surface area contributed by atoms with Gasteiger partial charge in [-0.25, -0.2) is 13.1 Å². The number of rotatable bonds is 6. The van der Waals surface area contributed by atoms with E-state index in [-0.39, 0.29) is 10.5 Å². The Balaban J connectivity index is 3.21. The molecule has 1 aromatic carbocycles. The third-order valence-electron chi connectivity index (χ3n) is 3.21. The van der Waals surface area contributed by atoms with Gasteiger partial charge in [0.2, 0.25) is 10.0 Å². The Morgan fingerprint density at radius 1 is 1.33 bits per heavy atom. The Bertz CT molecular complexity index is 586. The topological polar surface area (TPSA) is 72.2 Å². The zero-order chi connectivity index (χ0) is 16.3. The second kappa shape index (κ2) is 6.76. The average Bonchev–Trinajstić information content (AvgIpc) is 2.36. The van der Waals surface area contributed by atoms with Gasteiger partial charge < -0.3 is 5.73 Å². The van der Waals surface area contributed by atoms with Crippen molar-refractivity contribution in [2.45, 2.75) is 43.8 Å². The minimum absolute atomic E-state index is 0.294. The van der Waals surface area contributed by atoms with Crippen LogP contribution < -0.4 is 10.5 Å². The zero-order valence-electron chi connectivity index (χ0n) is 11.9. The number of halogens is 3. The summed E-state index contributed by atoms with van der Waals surface area (Å²) in [6.45, 7) is 3.23. The first-order chi connectivity index (χ1) is 9.63. The Morgan fingerprint density at radius 3 is 2.43 bits per heavy atom. The lowest BCUT2D eigenvalue weighted by molar-refractivity contribution is -0.138. The molecule has 4 nitrogen and oxygen atoms in total. The number of benzene rings is 1. The maximum atomic E-state index is 12.8. The fraction of sp³-hybridized carbons (Fsp3) is 0.538. The van der Waals surface area contributed by atoms with E-state index < -0.39 is 27.8 Å². The highest BCUT2D eigenvalue weighted by molar-refractivity contribution is 7.89. The summed E-state index contributed by atoms with van der Waals surface area (Å²) in [6, 6.07) is 2.73. The SMILES string of the molecule is CCC(CCN)NS(=O)(=O)c1cccc(C(F)(F)F)c1C. The van der Waals surface area contributed by atoms with Crippen LogP contribution in [0.2, 0.25) is 0 Å². The van der Waals surface area contributed by atoms with Gasteiger partial charge in [0.25, 0.3) is 0 Å². The molecule has 0 radical (unpaired) electrons. The van der Waals surface area contributed by atoms with Crippen LogP contribution in [0.15, 0.2) is 23.1 Å². The number of hydrogen-bond acceptors (Lipinski definition) is 3. The van der Waals surface area contributed by atoms with Crippen molar-refractivity contribution < 1.29 is 21.6 Å². The lowest BCUT2D eigenvalue weighted by atomic mass is 10.1. The third-order valence-corrected chi connectivity index (χ3v) is 4.87. The van der Waals surface area contributed by atoms with Crippen LogP contribution in [0.5, 0.6) is 0 Å². The first-order valence-corrected chi connectivity index (χ1v) is 8.01. The summed E-state index contributed by atoms with van der Waals surface area (Å²) in [5.41, 5.74) is 4.14. The molecule has 120 valence electrons. The second-order valence-electron chi connectivity index (χ2n) is 4.73. The summed E-state index contributed by atoms with van der Waals surface area (Å²) in [6.07, 6.45) is -3.65. The van der Waals surface area contributed by atoms with Gasteiger partial charge in [0.05, 0.1) is 10.5 Å². The Kier molecular flexibility index (Phi) is 5.77. The van der Waals surface area contributed by atoms with Crippen molar-refractivity contribution in [3.63, 3.8) is 0 Å². The van der Waals surface area contributed by atoms with Gasteiger partial charge in [-0.2, -0.15) is 13.2 Å². The van der Waals surface area contributed by atoms with Gasteiger partial charge in [-0.05, 0) is 44.0 Å². The summed E-state index contributed by atoms with van der Waals surface area (Å²) in [4.78, 5) is -0.354. The molecule has 8 heteroatoms. The standard InChI is InChI=1S/C13H19F3N2O2S/c1-3-10(7-8-17)18-21(19,20)12-6-4-5-11(9(12)2)13(14,15)16/h4-6,10,18H,3,7-8,17H2,1-2H3. The van der Waals surface area contributed by atoms with Gasteiger partial charge >= 0.3 is 6.18 Å². The molecule has 0 saturated heterocycles. The molecule has 1 rings (SSSR count). The highest BCUT2D eigenvalue weighted by atomic mass is 32.2. The van der Waals surface area contributed by atoms with Crippen molar-refractivity contribution in [1.29, 1.82) is 0 Å². The van der Waals surface area contributed by atoms with Crippen LogP contribution >= 0.6 is 0 Å². The number of nitrogens with one attached hydrogen (secondary N) is 1. The van der Waals surface area contributed by atoms with Gasteiger partial charge in [0.1, 0.15) is 0 Å². The van der Waals surface area contributed by atoms with Crippen molar-refractivity contribution in [3.8, 4) is 0 Å². The molecule has 0 aromatic heterocycles. The van der Waals surface area contributed by atoms with Crippen molar-refractivity contribution in [2.24, 2.45) is 5.73 Å². The molecule has 1 atom stereocenters. The van der Waals surface area contributed by atoms with Gasteiger partial charge in [0, 0.05) is 6.04 Å². The summed E-state index contributed by atoms with van der Waals surface area (Å²) >= 11 is 0. The molecule has 0 saturated carbocycles. The van der Waals surface area contributed by atoms with Crippen LogP contribution in [0.1, 0.15) is 30.9 Å². The van der Waals surface area contributed by atoms with E-state index in [2.05, 4.69) is 4.72 Å². The van der Waals surface area contributed by atoms with Crippen LogP contribution in [0.4, 0.5) is 13.2 Å². The molecule has 0 aliphatic heterocycles. The number of nitrogens with two attached hydrogens (primary N) is 1. The molecule has 1 aromatic rings. The summed E-state index contributed by atoms with van der Waals surface area (Å²) in [5, 5.41) is 0. The van der Waals surface area contributed by atoms with E-state index in [9.17, 15) is 21.6 Å². The van der Waals surface area contributed by atoms with Crippen molar-refractivity contribution in [2.75, 3.05) is 6.54 Å². The van der Waals surface area contributed by atoms with E-state index in [1.54, 1.807) is 6.92 Å². The summed E-state index contributed by atoms with van der Waals surface area (Å²) < 4.78 is 65.4. The van der Waals surface area contributed by atoms with Gasteiger partial charge in [-0.15, -0.1) is 0 Å². The van der Waals surface area contributed by atoms with Crippen molar-refractivity contribution in [3.05, 3.63) is 29.3 Å². The minimum atomic E-state index is -4.59. The van der Waals surface area contributed by atoms with E-state index in [1.165, 1.54) is 6.07 Å². The van der Waals surface area contributed by atoms with Gasteiger partial charge in [0.15, 0.2) is 0 Å². The minimum Gasteiger partial charge on any atom is -0.330 e. The predicted molar refractivity (Wildman–Crippen MR) is 74.3 cm³/mol. The fourth-order valence-corrected chi connectivity index (χ4v) is 3.66. The smallest absolute Gasteiger partial charge is 0.330 e. The van der Waals surface area contributed by atoms with Crippen LogP contribution in [-0.2, 0) is 16.2 Å². The number of alkyl halides is 3. The molecule has 0 heterocycles. The molecule has 0 amide bonds. The van der Waals surface area contributed by atoms with Crippen LogP contribution in [0.25, 0.3) is 0 Å². The Hall–Kier alpha value is -1.12. The van der Waals surface area contributed by atoms with Crippen LogP contribution in [0.3, 0.4) is 0 Å². The number of sulfonamides is 1. The normalized spacial score (nSPS) is 14.2. The lowest BCUT2D eigenvalue weighted by Gasteiger charge is -2.19. The van der Waals surface area contributed by atoms with Crippen LogP contribution in [-0.4, -0.2) is 21.0 Å². The molecule has 0 aliphatic carbocycles. The van der Waals surface area contributed by atoms with Gasteiger partial charge in [-0.1, -0.05) is 13.0 Å². The van der Waals surface area contributed by atoms with Crippen LogP contribution in [0, 0.1) is 6.92 Å². The largest absolute Gasteiger partial charge is 0.416 e. The summed E-state index contributed by atoms with van der Waals surface area (Å²) in [5.74, 6) is 0. The highest BCUT2D eigenvalue weighted by Gasteiger charge is 2.34. The first kappa shape index (κ1) is 17.9. The molecule has 21 heavy (non-hydrogen) atoms. The Labute approximate surface area is 122 Å². The highest BCUT2D eigenvalue weighted by Crippen LogP contribution is 2.34. The fourth-order valence-electron chi connectivity index (χ4n) is 2.04. The number of hydrogen-bond donors (Lipinski definition) is 2. The van der Waals surface area contributed by atoms with E-state index >= 15 is 0 Å². The molecular weight excluding hydrogens is 305 g/mol. The molecule has 0 spiro atoms. The molecule has 0 fully saturated rings. The lowest BCUT2D eigenvalue weighted by Crippen LogP contribution is -2.36. The molecular formula is C13H19F3N2O2S. The zero-order valence-corrected chi connectivity index (χ0v) is 12.7. The van der Waals surface area contributed by atoms with Crippen molar-refractivity contribution >= 4 is 10.0 Å². The Morgan fingerprint density at radius 2 is 1.95 bits per heavy atom. The molecule has 0 aliphatic rings. The molecule has 3 N–H and O–H groups in total. The van der Waals surface area contributed by atoms with E-state index in [0.717, 1.165) is 19.1 Å². The first-order valence-electron chi connectivity index (χ1n) is 6.52. The quantitative estimate of drug-likeness (QED) is 0.844. The average molecular weight is 324 g/mol. The maximum absolute atomic E-state index is 12.8. The van der Waals surface area contributed by atoms with E-state index in [4.69, 9.17) is 5.73 Å². The van der Waals surface area contributed by atoms with E-state index in [0.29, 0.717) is 19.4 Å². The second-order valence-corrected chi connectivity index (χ2v) is 6.41.